The van der Waals surface area contributed by atoms with Gasteiger partial charge in [-0.15, -0.1) is 10.2 Å². The largest absolute Gasteiger partial charge is 0.481 e. The first kappa shape index (κ1) is 12.5. The monoisotopic (exact) mass is 292 g/mol. The number of carboxylic acids is 1. The van der Waals surface area contributed by atoms with E-state index in [0.717, 1.165) is 15.9 Å². The zero-order chi connectivity index (χ0) is 14.1. The van der Waals surface area contributed by atoms with Crippen LogP contribution in [-0.4, -0.2) is 30.9 Å². The molecule has 0 fully saturated rings. The first-order valence-electron chi connectivity index (χ1n) is 5.62. The minimum atomic E-state index is -1.01. The number of hydrogen-bond acceptors (Lipinski definition) is 7. The topological polar surface area (TPSA) is 111 Å². The van der Waals surface area contributed by atoms with E-state index < -0.39 is 11.5 Å². The number of carbonyl (C=O) groups is 1. The quantitative estimate of drug-likeness (QED) is 0.738. The summed E-state index contributed by atoms with van der Waals surface area (Å²) in [7, 11) is 0. The molecular weight excluding hydrogens is 284 g/mol. The van der Waals surface area contributed by atoms with Gasteiger partial charge in [0, 0.05) is 0 Å². The van der Waals surface area contributed by atoms with E-state index in [0.29, 0.717) is 10.8 Å². The molecule has 102 valence electrons. The highest BCUT2D eigenvalue weighted by Gasteiger charge is 2.14. The number of rotatable bonds is 4. The average molecular weight is 292 g/mol. The molecule has 1 N–H and O–H groups in total. The molecule has 3 heterocycles. The summed E-state index contributed by atoms with van der Waals surface area (Å²) in [5.41, 5.74) is -0.219. The molecule has 8 nitrogen and oxygen atoms in total. The zero-order valence-corrected chi connectivity index (χ0v) is 10.8. The summed E-state index contributed by atoms with van der Waals surface area (Å²) in [6.45, 7) is 0. The molecule has 9 heteroatoms. The number of aliphatic carboxylic acids is 1. The van der Waals surface area contributed by atoms with Crippen LogP contribution in [0.15, 0.2) is 27.6 Å². The highest BCUT2D eigenvalue weighted by atomic mass is 32.1. The molecule has 0 amide bonds. The molecule has 0 aliphatic heterocycles. The summed E-state index contributed by atoms with van der Waals surface area (Å²) in [5.74, 6) is -0.418. The van der Waals surface area contributed by atoms with Gasteiger partial charge in [0.1, 0.15) is 16.5 Å². The SMILES string of the molecule is O=C(O)Cc1nn2c(=O)c(Cc3ccco3)nnc2s1. The Kier molecular flexibility index (Phi) is 3.03. The van der Waals surface area contributed by atoms with E-state index in [1.54, 1.807) is 12.1 Å². The third-order valence-electron chi connectivity index (χ3n) is 2.52. The van der Waals surface area contributed by atoms with Crippen molar-refractivity contribution >= 4 is 22.3 Å². The van der Waals surface area contributed by atoms with Crippen LogP contribution >= 0.6 is 11.3 Å². The summed E-state index contributed by atoms with van der Waals surface area (Å²) in [6, 6.07) is 3.44. The van der Waals surface area contributed by atoms with Gasteiger partial charge in [-0.05, 0) is 12.1 Å². The van der Waals surface area contributed by atoms with Gasteiger partial charge >= 0.3 is 5.97 Å². The molecular formula is C11H8N4O4S. The number of hydrogen-bond donors (Lipinski definition) is 1. The Bertz CT molecular complexity index is 821. The van der Waals surface area contributed by atoms with Gasteiger partial charge in [-0.25, -0.2) is 0 Å². The van der Waals surface area contributed by atoms with Crippen LogP contribution in [0.4, 0.5) is 0 Å². The average Bonchev–Trinajstić information content (AvgIpc) is 3.01. The molecule has 20 heavy (non-hydrogen) atoms. The van der Waals surface area contributed by atoms with Crippen LogP contribution in [0.25, 0.3) is 4.96 Å². The van der Waals surface area contributed by atoms with Crippen molar-refractivity contribution in [1.29, 1.82) is 0 Å². The summed E-state index contributed by atoms with van der Waals surface area (Å²) in [4.78, 5) is 23.1. The third kappa shape index (κ3) is 2.30. The Morgan fingerprint density at radius 1 is 1.45 bits per heavy atom. The lowest BCUT2D eigenvalue weighted by molar-refractivity contribution is -0.136. The van der Waals surface area contributed by atoms with E-state index in [1.807, 2.05) is 0 Å². The van der Waals surface area contributed by atoms with Crippen molar-refractivity contribution in [2.24, 2.45) is 0 Å². The fourth-order valence-electron chi connectivity index (χ4n) is 1.68. The Labute approximate surface area is 115 Å². The molecule has 3 aromatic rings. The van der Waals surface area contributed by atoms with Gasteiger partial charge in [0.2, 0.25) is 4.96 Å². The first-order valence-corrected chi connectivity index (χ1v) is 6.43. The molecule has 0 unspecified atom stereocenters. The van der Waals surface area contributed by atoms with E-state index in [2.05, 4.69) is 15.3 Å². The zero-order valence-electron chi connectivity index (χ0n) is 10.0. The maximum atomic E-state index is 12.2. The highest BCUT2D eigenvalue weighted by molar-refractivity contribution is 7.16. The van der Waals surface area contributed by atoms with Crippen LogP contribution in [0, 0.1) is 0 Å². The van der Waals surface area contributed by atoms with Gasteiger partial charge in [-0.1, -0.05) is 11.3 Å². The van der Waals surface area contributed by atoms with E-state index in [9.17, 15) is 9.59 Å². The molecule has 0 spiro atoms. The summed E-state index contributed by atoms with van der Waals surface area (Å²) in [6.07, 6.45) is 1.47. The molecule has 0 aromatic carbocycles. The molecule has 3 rings (SSSR count). The van der Waals surface area contributed by atoms with Crippen LogP contribution in [0.3, 0.4) is 0 Å². The lowest BCUT2D eigenvalue weighted by atomic mass is 10.2. The molecule has 0 bridgehead atoms. The van der Waals surface area contributed by atoms with Crippen LogP contribution in [0.5, 0.6) is 0 Å². The van der Waals surface area contributed by atoms with Crippen LogP contribution in [-0.2, 0) is 17.6 Å². The second kappa shape index (κ2) is 4.85. The van der Waals surface area contributed by atoms with Crippen LogP contribution < -0.4 is 5.56 Å². The predicted octanol–water partition coefficient (Wildman–Crippen LogP) is 0.357. The highest BCUT2D eigenvalue weighted by Crippen LogP contribution is 2.11. The van der Waals surface area contributed by atoms with Crippen molar-refractivity contribution in [3.63, 3.8) is 0 Å². The number of fused-ring (bicyclic) bond motifs is 1. The van der Waals surface area contributed by atoms with Crippen molar-refractivity contribution in [2.45, 2.75) is 12.8 Å². The van der Waals surface area contributed by atoms with E-state index in [4.69, 9.17) is 9.52 Å². The van der Waals surface area contributed by atoms with Gasteiger partial charge in [0.25, 0.3) is 5.56 Å². The normalized spacial score (nSPS) is 11.0. The Hall–Kier alpha value is -2.55. The molecule has 0 saturated heterocycles. The van der Waals surface area contributed by atoms with Gasteiger partial charge in [0.15, 0.2) is 0 Å². The Morgan fingerprint density at radius 2 is 2.30 bits per heavy atom. The van der Waals surface area contributed by atoms with Crippen molar-refractivity contribution in [3.05, 3.63) is 45.2 Å². The van der Waals surface area contributed by atoms with Gasteiger partial charge < -0.3 is 9.52 Å². The molecule has 0 atom stereocenters. The number of furan rings is 1. The number of aromatic nitrogens is 4. The summed E-state index contributed by atoms with van der Waals surface area (Å²) >= 11 is 1.03. The van der Waals surface area contributed by atoms with Gasteiger partial charge in [-0.3, -0.25) is 9.59 Å². The smallest absolute Gasteiger partial charge is 0.310 e. The Balaban J connectivity index is 2.01. The number of carboxylic acid groups (broad SMARTS) is 1. The van der Waals surface area contributed by atoms with Crippen LogP contribution in [0.1, 0.15) is 16.5 Å². The predicted molar refractivity (Wildman–Crippen MR) is 67.8 cm³/mol. The van der Waals surface area contributed by atoms with E-state index in [-0.39, 0.29) is 23.5 Å². The van der Waals surface area contributed by atoms with Crippen molar-refractivity contribution < 1.29 is 14.3 Å². The second-order valence-electron chi connectivity index (χ2n) is 3.97. The minimum Gasteiger partial charge on any atom is -0.481 e. The fourth-order valence-corrected chi connectivity index (χ4v) is 2.50. The van der Waals surface area contributed by atoms with Crippen molar-refractivity contribution in [2.75, 3.05) is 0 Å². The summed E-state index contributed by atoms with van der Waals surface area (Å²) < 4.78 is 6.23. The fraction of sp³-hybridized carbons (Fsp3) is 0.182. The van der Waals surface area contributed by atoms with Gasteiger partial charge in [-0.2, -0.15) is 9.61 Å². The molecule has 0 aliphatic rings. The standard InChI is InChI=1S/C11H8N4O4S/c16-9(17)5-8-14-15-10(18)7(12-13-11(15)20-8)4-6-2-1-3-19-6/h1-3H,4-5H2,(H,16,17). The van der Waals surface area contributed by atoms with Crippen molar-refractivity contribution in [3.8, 4) is 0 Å². The molecule has 3 aromatic heterocycles. The van der Waals surface area contributed by atoms with E-state index in [1.165, 1.54) is 6.26 Å². The minimum absolute atomic E-state index is 0.199. The third-order valence-corrected chi connectivity index (χ3v) is 3.42. The van der Waals surface area contributed by atoms with E-state index >= 15 is 0 Å². The first-order chi connectivity index (χ1) is 9.63. The molecule has 0 saturated carbocycles. The Morgan fingerprint density at radius 3 is 3.00 bits per heavy atom. The molecule has 0 aliphatic carbocycles. The van der Waals surface area contributed by atoms with Gasteiger partial charge in [0.05, 0.1) is 19.1 Å². The molecule has 0 radical (unpaired) electrons. The summed E-state index contributed by atoms with van der Waals surface area (Å²) in [5, 5.41) is 20.7. The van der Waals surface area contributed by atoms with Crippen LogP contribution in [0.2, 0.25) is 0 Å². The second-order valence-corrected chi connectivity index (χ2v) is 5.01. The van der Waals surface area contributed by atoms with Crippen molar-refractivity contribution in [1.82, 2.24) is 19.8 Å². The lowest BCUT2D eigenvalue weighted by Gasteiger charge is -1.95. The maximum absolute atomic E-state index is 12.2. The lowest BCUT2D eigenvalue weighted by Crippen LogP contribution is -2.22. The number of nitrogens with zero attached hydrogens (tertiary/aromatic N) is 4. The maximum Gasteiger partial charge on any atom is 0.310 e.